The number of nitrogens with one attached hydrogen (secondary N) is 1. The van der Waals surface area contributed by atoms with Crippen molar-refractivity contribution in [2.45, 2.75) is 26.9 Å². The second-order valence-electron chi connectivity index (χ2n) is 5.12. The van der Waals surface area contributed by atoms with Crippen molar-refractivity contribution in [2.75, 3.05) is 6.54 Å². The Bertz CT molecular complexity index is 520. The topological polar surface area (TPSA) is 29.9 Å². The van der Waals surface area contributed by atoms with Crippen LogP contribution in [0.3, 0.4) is 0 Å². The van der Waals surface area contributed by atoms with Crippen molar-refractivity contribution < 1.29 is 0 Å². The predicted molar refractivity (Wildman–Crippen MR) is 82.0 cm³/mol. The Hall–Kier alpha value is -1.13. The van der Waals surface area contributed by atoms with Crippen LogP contribution >= 0.6 is 15.9 Å². The average molecular weight is 322 g/mol. The third kappa shape index (κ3) is 4.48. The maximum Gasteiger partial charge on any atom is 0.0762 e. The molecule has 0 spiro atoms. The normalized spacial score (nSPS) is 11.2. The molecule has 3 nitrogen and oxygen atoms in total. The first kappa shape index (κ1) is 14.3. The lowest BCUT2D eigenvalue weighted by Crippen LogP contribution is -2.19. The Labute approximate surface area is 123 Å². The molecule has 1 aromatic heterocycles. The number of halogens is 1. The quantitative estimate of drug-likeness (QED) is 0.883. The monoisotopic (exact) mass is 321 g/mol. The highest BCUT2D eigenvalue weighted by atomic mass is 79.9. The molecule has 0 aliphatic carbocycles. The van der Waals surface area contributed by atoms with Gasteiger partial charge >= 0.3 is 0 Å². The standard InChI is InChI=1S/C15H20BrN3/c1-12(2)9-17-10-14-7-8-19(18-14)11-13-5-3-4-6-15(13)16/h3-8,12,17H,9-11H2,1-2H3. The fraction of sp³-hybridized carbons (Fsp3) is 0.400. The van der Waals surface area contributed by atoms with Gasteiger partial charge in [0.15, 0.2) is 0 Å². The molecular weight excluding hydrogens is 302 g/mol. The van der Waals surface area contributed by atoms with Crippen LogP contribution in [0.5, 0.6) is 0 Å². The predicted octanol–water partition coefficient (Wildman–Crippen LogP) is 3.44. The molecule has 0 saturated carbocycles. The SMILES string of the molecule is CC(C)CNCc1ccn(Cc2ccccc2Br)n1. The van der Waals surface area contributed by atoms with E-state index in [1.807, 2.05) is 16.9 Å². The molecule has 0 atom stereocenters. The molecule has 0 radical (unpaired) electrons. The van der Waals surface area contributed by atoms with E-state index >= 15 is 0 Å². The average Bonchev–Trinajstić information content (AvgIpc) is 2.79. The lowest BCUT2D eigenvalue weighted by Gasteiger charge is -2.06. The van der Waals surface area contributed by atoms with Gasteiger partial charge in [0.2, 0.25) is 0 Å². The molecule has 1 aromatic carbocycles. The van der Waals surface area contributed by atoms with Gasteiger partial charge in [0, 0.05) is 17.2 Å². The molecule has 2 aromatic rings. The molecule has 0 amide bonds. The lowest BCUT2D eigenvalue weighted by molar-refractivity contribution is 0.543. The van der Waals surface area contributed by atoms with Crippen LogP contribution in [0.1, 0.15) is 25.1 Å². The Morgan fingerprint density at radius 1 is 1.26 bits per heavy atom. The van der Waals surface area contributed by atoms with Crippen LogP contribution in [0.25, 0.3) is 0 Å². The maximum absolute atomic E-state index is 4.58. The smallest absolute Gasteiger partial charge is 0.0762 e. The largest absolute Gasteiger partial charge is 0.311 e. The minimum atomic E-state index is 0.669. The summed E-state index contributed by atoms with van der Waals surface area (Å²) in [5.74, 6) is 0.669. The van der Waals surface area contributed by atoms with Crippen molar-refractivity contribution in [3.05, 3.63) is 52.3 Å². The summed E-state index contributed by atoms with van der Waals surface area (Å²) in [5.41, 5.74) is 2.33. The van der Waals surface area contributed by atoms with E-state index in [0.29, 0.717) is 5.92 Å². The van der Waals surface area contributed by atoms with Gasteiger partial charge in [-0.05, 0) is 30.2 Å². The zero-order valence-corrected chi connectivity index (χ0v) is 13.0. The Kier molecular flexibility index (Phi) is 5.16. The van der Waals surface area contributed by atoms with Gasteiger partial charge in [-0.2, -0.15) is 5.10 Å². The summed E-state index contributed by atoms with van der Waals surface area (Å²) in [6.45, 7) is 7.07. The summed E-state index contributed by atoms with van der Waals surface area (Å²) in [5, 5.41) is 7.98. The highest BCUT2D eigenvalue weighted by Crippen LogP contribution is 2.16. The van der Waals surface area contributed by atoms with E-state index in [1.54, 1.807) is 0 Å². The highest BCUT2D eigenvalue weighted by molar-refractivity contribution is 9.10. The summed E-state index contributed by atoms with van der Waals surface area (Å²) >= 11 is 3.56. The molecule has 1 heterocycles. The summed E-state index contributed by atoms with van der Waals surface area (Å²) in [4.78, 5) is 0. The molecule has 2 rings (SSSR count). The third-order valence-electron chi connectivity index (χ3n) is 2.84. The molecule has 0 aliphatic heterocycles. The van der Waals surface area contributed by atoms with Crippen LogP contribution in [-0.4, -0.2) is 16.3 Å². The lowest BCUT2D eigenvalue weighted by atomic mass is 10.2. The zero-order valence-electron chi connectivity index (χ0n) is 11.4. The summed E-state index contributed by atoms with van der Waals surface area (Å²) in [7, 11) is 0. The van der Waals surface area contributed by atoms with Crippen LogP contribution in [0, 0.1) is 5.92 Å². The van der Waals surface area contributed by atoms with E-state index in [9.17, 15) is 0 Å². The molecule has 19 heavy (non-hydrogen) atoms. The van der Waals surface area contributed by atoms with Crippen LogP contribution in [0.2, 0.25) is 0 Å². The molecule has 0 bridgehead atoms. The van der Waals surface area contributed by atoms with Gasteiger partial charge in [-0.15, -0.1) is 0 Å². The van der Waals surface area contributed by atoms with Crippen LogP contribution in [-0.2, 0) is 13.1 Å². The first-order valence-electron chi connectivity index (χ1n) is 6.61. The fourth-order valence-corrected chi connectivity index (χ4v) is 2.29. The Morgan fingerprint density at radius 3 is 2.79 bits per heavy atom. The molecule has 0 aliphatic rings. The van der Waals surface area contributed by atoms with Crippen molar-refractivity contribution in [3.63, 3.8) is 0 Å². The molecule has 4 heteroatoms. The van der Waals surface area contributed by atoms with Crippen molar-refractivity contribution in [1.82, 2.24) is 15.1 Å². The van der Waals surface area contributed by atoms with Gasteiger partial charge in [-0.1, -0.05) is 48.0 Å². The molecular formula is C15H20BrN3. The maximum atomic E-state index is 4.58. The summed E-state index contributed by atoms with van der Waals surface area (Å²) in [6, 6.07) is 10.3. The van der Waals surface area contributed by atoms with Gasteiger partial charge < -0.3 is 5.32 Å². The number of aromatic nitrogens is 2. The van der Waals surface area contributed by atoms with E-state index in [1.165, 1.54) is 5.56 Å². The first-order valence-corrected chi connectivity index (χ1v) is 7.41. The van der Waals surface area contributed by atoms with Crippen LogP contribution in [0.15, 0.2) is 41.0 Å². The van der Waals surface area contributed by atoms with Crippen LogP contribution < -0.4 is 5.32 Å². The number of hydrogen-bond acceptors (Lipinski definition) is 2. The van der Waals surface area contributed by atoms with Crippen LogP contribution in [0.4, 0.5) is 0 Å². The van der Waals surface area contributed by atoms with E-state index in [0.717, 1.165) is 29.8 Å². The second-order valence-corrected chi connectivity index (χ2v) is 5.98. The number of hydrogen-bond donors (Lipinski definition) is 1. The number of rotatable bonds is 6. The number of benzene rings is 1. The summed E-state index contributed by atoms with van der Waals surface area (Å²) in [6.07, 6.45) is 2.03. The van der Waals surface area contributed by atoms with Gasteiger partial charge in [0.25, 0.3) is 0 Å². The van der Waals surface area contributed by atoms with E-state index < -0.39 is 0 Å². The fourth-order valence-electron chi connectivity index (χ4n) is 1.88. The molecule has 0 saturated heterocycles. The van der Waals surface area contributed by atoms with Gasteiger partial charge in [-0.25, -0.2) is 0 Å². The Balaban J connectivity index is 1.92. The molecule has 0 fully saturated rings. The van der Waals surface area contributed by atoms with E-state index in [-0.39, 0.29) is 0 Å². The van der Waals surface area contributed by atoms with E-state index in [2.05, 4.69) is 64.5 Å². The molecule has 1 N–H and O–H groups in total. The Morgan fingerprint density at radius 2 is 2.05 bits per heavy atom. The number of nitrogens with zero attached hydrogens (tertiary/aromatic N) is 2. The van der Waals surface area contributed by atoms with Crippen molar-refractivity contribution in [2.24, 2.45) is 5.92 Å². The molecule has 0 unspecified atom stereocenters. The van der Waals surface area contributed by atoms with Crippen molar-refractivity contribution in [3.8, 4) is 0 Å². The van der Waals surface area contributed by atoms with Gasteiger partial charge in [0.1, 0.15) is 0 Å². The molecule has 102 valence electrons. The van der Waals surface area contributed by atoms with E-state index in [4.69, 9.17) is 0 Å². The first-order chi connectivity index (χ1) is 9.15. The highest BCUT2D eigenvalue weighted by Gasteiger charge is 2.03. The second kappa shape index (κ2) is 6.87. The van der Waals surface area contributed by atoms with Gasteiger partial charge in [-0.3, -0.25) is 4.68 Å². The third-order valence-corrected chi connectivity index (χ3v) is 3.62. The summed E-state index contributed by atoms with van der Waals surface area (Å²) < 4.78 is 3.11. The minimum absolute atomic E-state index is 0.669. The zero-order chi connectivity index (χ0) is 13.7. The van der Waals surface area contributed by atoms with Gasteiger partial charge in [0.05, 0.1) is 12.2 Å². The minimum Gasteiger partial charge on any atom is -0.311 e. The van der Waals surface area contributed by atoms with Crippen molar-refractivity contribution >= 4 is 15.9 Å². The van der Waals surface area contributed by atoms with Crippen molar-refractivity contribution in [1.29, 1.82) is 0 Å².